The molecule has 0 spiro atoms. The molecule has 246 valence electrons. The van der Waals surface area contributed by atoms with Crippen LogP contribution in [0.25, 0.3) is 17.1 Å². The molecule has 0 saturated carbocycles. The Kier molecular flexibility index (Phi) is 9.73. The van der Waals surface area contributed by atoms with E-state index in [1.807, 2.05) is 6.92 Å². The highest BCUT2D eigenvalue weighted by molar-refractivity contribution is 8.15. The highest BCUT2D eigenvalue weighted by Crippen LogP contribution is 2.32. The van der Waals surface area contributed by atoms with E-state index in [0.29, 0.717) is 11.3 Å². The summed E-state index contributed by atoms with van der Waals surface area (Å²) in [6.07, 6.45) is 1.20. The van der Waals surface area contributed by atoms with Crippen molar-refractivity contribution in [1.82, 2.24) is 14.8 Å². The van der Waals surface area contributed by atoms with Crippen LogP contribution >= 0.6 is 11.8 Å². The molecule has 18 heteroatoms. The van der Waals surface area contributed by atoms with Crippen molar-refractivity contribution >= 4 is 50.1 Å². The Balaban J connectivity index is 1.31. The van der Waals surface area contributed by atoms with Gasteiger partial charge in [-0.15, -0.1) is 5.10 Å². The number of nitrogens with zero attached hydrogens (tertiary/aromatic N) is 5. The van der Waals surface area contributed by atoms with Crippen molar-refractivity contribution < 1.29 is 44.7 Å². The predicted octanol–water partition coefficient (Wildman–Crippen LogP) is 5.83. The van der Waals surface area contributed by atoms with Gasteiger partial charge in [0.05, 0.1) is 40.9 Å². The number of anilines is 2. The summed E-state index contributed by atoms with van der Waals surface area (Å²) in [5, 5.41) is 6.55. The van der Waals surface area contributed by atoms with Gasteiger partial charge in [-0.05, 0) is 61.0 Å². The molecule has 1 N–H and O–H groups in total. The number of nitrogens with one attached hydrogen (secondary N) is 1. The first kappa shape index (κ1) is 33.7. The molecule has 0 radical (unpaired) electrons. The number of halogens is 5. The van der Waals surface area contributed by atoms with Crippen LogP contribution in [-0.2, 0) is 26.0 Å². The number of sulfone groups is 1. The smallest absolute Gasteiger partial charge is 0.374 e. The van der Waals surface area contributed by atoms with Crippen LogP contribution in [0.3, 0.4) is 0 Å². The van der Waals surface area contributed by atoms with Gasteiger partial charge in [0.1, 0.15) is 18.8 Å². The first-order valence-electron chi connectivity index (χ1n) is 13.5. The minimum atomic E-state index is -5.52. The molecule has 3 amide bonds. The van der Waals surface area contributed by atoms with E-state index in [1.54, 1.807) is 18.2 Å². The van der Waals surface area contributed by atoms with Gasteiger partial charge in [0.25, 0.3) is 9.84 Å². The molecule has 1 aliphatic rings. The lowest BCUT2D eigenvalue weighted by molar-refractivity contribution is -0.115. The molecular formula is C29H23F5N6O5S2. The van der Waals surface area contributed by atoms with Gasteiger partial charge in [-0.2, -0.15) is 18.2 Å². The zero-order chi connectivity index (χ0) is 33.9. The van der Waals surface area contributed by atoms with Crippen LogP contribution < -0.4 is 10.2 Å². The number of urea groups is 1. The number of hydrogen-bond acceptors (Lipinski definition) is 8. The van der Waals surface area contributed by atoms with Crippen molar-refractivity contribution in [3.63, 3.8) is 0 Å². The van der Waals surface area contributed by atoms with Gasteiger partial charge in [-0.1, -0.05) is 23.9 Å². The molecule has 4 aromatic rings. The van der Waals surface area contributed by atoms with E-state index in [1.165, 1.54) is 23.4 Å². The number of hydrogen-bond donors (Lipinski definition) is 1. The number of ether oxygens (including phenoxy) is 1. The number of carbonyl (C=O) groups excluding carboxylic acids is 2. The molecule has 5 rings (SSSR count). The second-order valence-electron chi connectivity index (χ2n) is 9.87. The summed E-state index contributed by atoms with van der Waals surface area (Å²) in [6, 6.07) is 11.7. The molecule has 1 saturated heterocycles. The molecule has 0 aliphatic carbocycles. The van der Waals surface area contributed by atoms with Crippen LogP contribution in [0.5, 0.6) is 0 Å². The lowest BCUT2D eigenvalue weighted by atomic mass is 10.1. The van der Waals surface area contributed by atoms with Crippen molar-refractivity contribution in [2.24, 2.45) is 4.99 Å². The zero-order valence-corrected chi connectivity index (χ0v) is 25.8. The van der Waals surface area contributed by atoms with E-state index in [4.69, 9.17) is 4.74 Å². The average molecular weight is 695 g/mol. The molecule has 0 bridgehead atoms. The van der Waals surface area contributed by atoms with Gasteiger partial charge >= 0.3 is 11.5 Å². The number of thioether (sulfide) groups is 1. The maximum atomic E-state index is 15.1. The molecule has 1 aromatic heterocycles. The molecule has 0 unspecified atom stereocenters. The fourth-order valence-electron chi connectivity index (χ4n) is 4.34. The van der Waals surface area contributed by atoms with Crippen molar-refractivity contribution in [1.29, 1.82) is 0 Å². The number of aliphatic imine (C=N–C) groups is 1. The molecule has 0 atom stereocenters. The summed E-state index contributed by atoms with van der Waals surface area (Å²) >= 11 is 1.01. The highest BCUT2D eigenvalue weighted by Gasteiger charge is 2.46. The molecule has 47 heavy (non-hydrogen) atoms. The predicted molar refractivity (Wildman–Crippen MR) is 163 cm³/mol. The monoisotopic (exact) mass is 694 g/mol. The second kappa shape index (κ2) is 13.6. The van der Waals surface area contributed by atoms with Gasteiger partial charge in [0.2, 0.25) is 5.91 Å². The Morgan fingerprint density at radius 3 is 2.53 bits per heavy atom. The Hall–Kier alpha value is -4.68. The average Bonchev–Trinajstić information content (AvgIpc) is 3.65. The standard InChI is InChI=1S/C29H23F5N6O5S2/c1-17-2-3-19(14-45-11-10-30)24(12-17)40-25(41)15-46-28(40)37-27(42)36-23-9-4-18(13-22(23)31)26-35-16-39(38-26)20-5-7-21(8-6-20)47(43,44)29(32,33)34/h2-9,12-13,16H,10-11,14-15H2,1H3,(H,36,42)/b37-28-. The van der Waals surface area contributed by atoms with Crippen LogP contribution in [0.4, 0.5) is 38.1 Å². The van der Waals surface area contributed by atoms with Crippen LogP contribution in [0.1, 0.15) is 11.1 Å². The quantitative estimate of drug-likeness (QED) is 0.171. The number of carbonyl (C=O) groups is 2. The summed E-state index contributed by atoms with van der Waals surface area (Å²) in [7, 11) is -5.52. The lowest BCUT2D eigenvalue weighted by Gasteiger charge is -2.20. The fraction of sp³-hybridized carbons (Fsp3) is 0.207. The number of amidine groups is 1. The maximum absolute atomic E-state index is 15.1. The van der Waals surface area contributed by atoms with Crippen LogP contribution in [0.2, 0.25) is 0 Å². The second-order valence-corrected chi connectivity index (χ2v) is 12.8. The topological polar surface area (TPSA) is 136 Å². The van der Waals surface area contributed by atoms with Crippen molar-refractivity contribution in [3.05, 3.63) is 83.9 Å². The number of amides is 3. The summed E-state index contributed by atoms with van der Waals surface area (Å²) in [4.78, 5) is 34.0. The number of alkyl halides is 4. The number of aromatic nitrogens is 3. The lowest BCUT2D eigenvalue weighted by Crippen LogP contribution is -2.31. The number of aryl methyl sites for hydroxylation is 1. The van der Waals surface area contributed by atoms with E-state index in [2.05, 4.69) is 20.4 Å². The van der Waals surface area contributed by atoms with E-state index in [0.717, 1.165) is 52.3 Å². The minimum absolute atomic E-state index is 0.00431. The summed E-state index contributed by atoms with van der Waals surface area (Å²) in [6.45, 7) is 1.03. The van der Waals surface area contributed by atoms with E-state index in [9.17, 15) is 35.6 Å². The molecular weight excluding hydrogens is 671 g/mol. The van der Waals surface area contributed by atoms with Crippen LogP contribution in [0, 0.1) is 12.7 Å². The molecule has 3 aromatic carbocycles. The summed E-state index contributed by atoms with van der Waals surface area (Å²) in [5.74, 6) is -1.18. The van der Waals surface area contributed by atoms with Crippen LogP contribution in [0.15, 0.2) is 76.9 Å². The first-order chi connectivity index (χ1) is 22.3. The third-order valence-corrected chi connectivity index (χ3v) is 9.03. The Morgan fingerprint density at radius 2 is 1.85 bits per heavy atom. The Labute approximate surface area is 268 Å². The van der Waals surface area contributed by atoms with Crippen molar-refractivity contribution in [3.8, 4) is 17.1 Å². The van der Waals surface area contributed by atoms with E-state index >= 15 is 4.39 Å². The largest absolute Gasteiger partial charge is 0.501 e. The minimum Gasteiger partial charge on any atom is -0.374 e. The molecule has 2 heterocycles. The molecule has 11 nitrogen and oxygen atoms in total. The SMILES string of the molecule is Cc1ccc(COCCF)c(N2C(=O)CS/C2=N\C(=O)Nc2ccc(-c3ncn(-c4ccc(S(=O)(=O)C(F)(F)F)cc4)n3)cc2F)c1. The maximum Gasteiger partial charge on any atom is 0.501 e. The van der Waals surface area contributed by atoms with Gasteiger partial charge in [-0.3, -0.25) is 9.69 Å². The number of rotatable bonds is 9. The summed E-state index contributed by atoms with van der Waals surface area (Å²) < 4.78 is 95.7. The zero-order valence-electron chi connectivity index (χ0n) is 24.2. The third-order valence-electron chi connectivity index (χ3n) is 6.60. The van der Waals surface area contributed by atoms with Gasteiger partial charge in [0, 0.05) is 11.1 Å². The van der Waals surface area contributed by atoms with Crippen LogP contribution in [-0.4, -0.2) is 64.8 Å². The van der Waals surface area contributed by atoms with E-state index < -0.39 is 38.8 Å². The first-order valence-corrected chi connectivity index (χ1v) is 16.0. The Bertz CT molecular complexity index is 1970. The third kappa shape index (κ3) is 7.34. The van der Waals surface area contributed by atoms with Gasteiger partial charge in [-0.25, -0.2) is 31.7 Å². The summed E-state index contributed by atoms with van der Waals surface area (Å²) in [5.41, 5.74) is -3.49. The molecule has 1 aliphatic heterocycles. The Morgan fingerprint density at radius 1 is 1.11 bits per heavy atom. The van der Waals surface area contributed by atoms with Crippen molar-refractivity contribution in [2.75, 3.05) is 29.3 Å². The van der Waals surface area contributed by atoms with Gasteiger partial charge < -0.3 is 10.1 Å². The molecule has 1 fully saturated rings. The number of benzene rings is 3. The van der Waals surface area contributed by atoms with Crippen molar-refractivity contribution in [2.45, 2.75) is 23.9 Å². The normalized spacial score (nSPS) is 14.6. The van der Waals surface area contributed by atoms with Gasteiger partial charge in [0.15, 0.2) is 11.0 Å². The highest BCUT2D eigenvalue weighted by atomic mass is 32.2. The van der Waals surface area contributed by atoms with E-state index in [-0.39, 0.29) is 52.8 Å². The fourth-order valence-corrected chi connectivity index (χ4v) is 5.96.